The Morgan fingerprint density at radius 1 is 1.35 bits per heavy atom. The molecule has 5 heteroatoms. The average molecular weight is 382 g/mol. The van der Waals surface area contributed by atoms with Gasteiger partial charge in [-0.3, -0.25) is 4.98 Å². The number of ether oxygens (including phenoxy) is 1. The van der Waals surface area contributed by atoms with Gasteiger partial charge in [0.25, 0.3) is 0 Å². The van der Waals surface area contributed by atoms with Crippen molar-refractivity contribution in [1.82, 2.24) is 4.98 Å². The molecule has 0 radical (unpaired) electrons. The van der Waals surface area contributed by atoms with E-state index in [0.29, 0.717) is 10.2 Å². The molecule has 2 rings (SSSR count). The number of aryl methyl sites for hydroxylation is 1. The molecule has 0 N–H and O–H groups in total. The van der Waals surface area contributed by atoms with Crippen molar-refractivity contribution in [2.24, 2.45) is 0 Å². The van der Waals surface area contributed by atoms with Gasteiger partial charge < -0.3 is 4.74 Å². The number of benzene rings is 1. The molecule has 102 valence electrons. The van der Waals surface area contributed by atoms with Gasteiger partial charge in [0.15, 0.2) is 11.6 Å². The number of rotatable bonds is 5. The summed E-state index contributed by atoms with van der Waals surface area (Å²) < 4.78 is 19.9. The van der Waals surface area contributed by atoms with E-state index in [2.05, 4.69) is 4.98 Å². The second-order valence-electron chi connectivity index (χ2n) is 4.16. The summed E-state index contributed by atoms with van der Waals surface area (Å²) in [4.78, 5) is 4.03. The van der Waals surface area contributed by atoms with Crippen LogP contribution in [0, 0.1) is 20.7 Å². The lowest BCUT2D eigenvalue weighted by molar-refractivity contribution is 0.295. The summed E-state index contributed by atoms with van der Waals surface area (Å²) in [6.45, 7) is 0.400. The number of aromatic nitrogens is 1. The van der Waals surface area contributed by atoms with Crippen molar-refractivity contribution in [3.05, 3.63) is 57.2 Å². The minimum atomic E-state index is -0.583. The van der Waals surface area contributed by atoms with E-state index >= 15 is 0 Å². The van der Waals surface area contributed by atoms with Crippen LogP contribution in [-0.2, 0) is 6.42 Å². The zero-order valence-corrected chi connectivity index (χ0v) is 12.8. The summed E-state index contributed by atoms with van der Waals surface area (Å²) in [5.74, 6) is -0.450. The third-order valence-corrected chi connectivity index (χ3v) is 3.66. The van der Waals surface area contributed by atoms with Crippen molar-refractivity contribution >= 4 is 22.6 Å². The normalized spacial score (nSPS) is 10.1. The first-order valence-electron chi connectivity index (χ1n) is 6.12. The van der Waals surface area contributed by atoms with Gasteiger partial charge >= 0.3 is 0 Å². The molecule has 0 unspecified atom stereocenters. The summed E-state index contributed by atoms with van der Waals surface area (Å²) in [6.07, 6.45) is 5.12. The van der Waals surface area contributed by atoms with Crippen LogP contribution in [0.15, 0.2) is 36.7 Å². The van der Waals surface area contributed by atoms with Gasteiger partial charge in [0.05, 0.1) is 6.61 Å². The van der Waals surface area contributed by atoms with E-state index < -0.39 is 5.82 Å². The first-order valence-corrected chi connectivity index (χ1v) is 7.20. The Morgan fingerprint density at radius 2 is 2.20 bits per heavy atom. The van der Waals surface area contributed by atoms with E-state index in [9.17, 15) is 4.39 Å². The van der Waals surface area contributed by atoms with Crippen LogP contribution >= 0.6 is 22.6 Å². The Hall–Kier alpha value is -1.68. The van der Waals surface area contributed by atoms with E-state index in [0.717, 1.165) is 18.4 Å². The third kappa shape index (κ3) is 3.67. The van der Waals surface area contributed by atoms with Crippen LogP contribution in [0.4, 0.5) is 4.39 Å². The fraction of sp³-hybridized carbons (Fsp3) is 0.200. The van der Waals surface area contributed by atoms with Crippen molar-refractivity contribution in [2.45, 2.75) is 12.8 Å². The van der Waals surface area contributed by atoms with Crippen molar-refractivity contribution in [3.63, 3.8) is 0 Å². The van der Waals surface area contributed by atoms with Gasteiger partial charge in [0.1, 0.15) is 11.6 Å². The summed E-state index contributed by atoms with van der Waals surface area (Å²) in [7, 11) is 0. The van der Waals surface area contributed by atoms with Gasteiger partial charge in [0.2, 0.25) is 0 Å². The maximum absolute atomic E-state index is 13.9. The zero-order valence-electron chi connectivity index (χ0n) is 10.6. The lowest BCUT2D eigenvalue weighted by atomic mass is 10.2. The molecule has 0 aliphatic heterocycles. The number of pyridine rings is 1. The Balaban J connectivity index is 1.91. The molecule has 0 atom stereocenters. The van der Waals surface area contributed by atoms with Crippen LogP contribution in [0.2, 0.25) is 0 Å². The third-order valence-electron chi connectivity index (χ3n) is 2.76. The fourth-order valence-corrected chi connectivity index (χ4v) is 2.29. The van der Waals surface area contributed by atoms with Crippen LogP contribution in [-0.4, -0.2) is 11.6 Å². The molecule has 2 aromatic rings. The maximum Gasteiger partial charge on any atom is 0.183 e. The number of hydrogen-bond donors (Lipinski definition) is 0. The minimum absolute atomic E-state index is 0.0374. The second-order valence-corrected chi connectivity index (χ2v) is 5.32. The monoisotopic (exact) mass is 382 g/mol. The van der Waals surface area contributed by atoms with E-state index in [-0.39, 0.29) is 11.3 Å². The fourth-order valence-electron chi connectivity index (χ4n) is 1.75. The van der Waals surface area contributed by atoms with Gasteiger partial charge in [-0.05, 0) is 59.2 Å². The molecule has 1 heterocycles. The summed E-state index contributed by atoms with van der Waals surface area (Å²) >= 11 is 1.93. The quantitative estimate of drug-likeness (QED) is 0.585. The van der Waals surface area contributed by atoms with E-state index in [1.54, 1.807) is 24.5 Å². The SMILES string of the molecule is N#Cc1c(I)ccc(OCCCc2cccnc2)c1F. The Bertz CT molecular complexity index is 626. The number of hydrogen-bond acceptors (Lipinski definition) is 3. The average Bonchev–Trinajstić information content (AvgIpc) is 2.47. The van der Waals surface area contributed by atoms with Gasteiger partial charge in [0, 0.05) is 16.0 Å². The Kier molecular flexibility index (Phi) is 5.30. The molecule has 0 fully saturated rings. The Labute approximate surface area is 130 Å². The standard InChI is InChI=1S/C15H12FIN2O/c16-15-12(9-18)13(17)5-6-14(15)20-8-2-4-11-3-1-7-19-10-11/h1,3,5-7,10H,2,4,8H2. The smallest absolute Gasteiger partial charge is 0.183 e. The molecule has 1 aromatic heterocycles. The molecule has 3 nitrogen and oxygen atoms in total. The molecule has 0 saturated carbocycles. The molecule has 0 saturated heterocycles. The Morgan fingerprint density at radius 3 is 2.90 bits per heavy atom. The van der Waals surface area contributed by atoms with Gasteiger partial charge in [-0.15, -0.1) is 0 Å². The van der Waals surface area contributed by atoms with Crippen LogP contribution in [0.3, 0.4) is 0 Å². The topological polar surface area (TPSA) is 45.9 Å². The summed E-state index contributed by atoms with van der Waals surface area (Å²) in [5, 5.41) is 8.89. The molecule has 0 bridgehead atoms. The predicted molar refractivity (Wildman–Crippen MR) is 81.9 cm³/mol. The van der Waals surface area contributed by atoms with Gasteiger partial charge in [-0.2, -0.15) is 5.26 Å². The number of nitrogens with zero attached hydrogens (tertiary/aromatic N) is 2. The van der Waals surface area contributed by atoms with Crippen molar-refractivity contribution < 1.29 is 9.13 Å². The molecular weight excluding hydrogens is 370 g/mol. The number of nitriles is 1. The van der Waals surface area contributed by atoms with Gasteiger partial charge in [-0.1, -0.05) is 6.07 Å². The predicted octanol–water partition coefficient (Wildman–Crippen LogP) is 3.71. The molecule has 0 aliphatic rings. The molecule has 1 aromatic carbocycles. The summed E-state index contributed by atoms with van der Waals surface area (Å²) in [6, 6.07) is 8.96. The highest BCUT2D eigenvalue weighted by atomic mass is 127. The molecule has 0 aliphatic carbocycles. The largest absolute Gasteiger partial charge is 0.490 e. The van der Waals surface area contributed by atoms with E-state index in [4.69, 9.17) is 10.00 Å². The summed E-state index contributed by atoms with van der Waals surface area (Å²) in [5.41, 5.74) is 1.16. The van der Waals surface area contributed by atoms with E-state index in [1.807, 2.05) is 40.8 Å². The highest BCUT2D eigenvalue weighted by Crippen LogP contribution is 2.24. The van der Waals surface area contributed by atoms with Crippen LogP contribution < -0.4 is 4.74 Å². The molecule has 20 heavy (non-hydrogen) atoms. The molecular formula is C15H12FIN2O. The van der Waals surface area contributed by atoms with Crippen molar-refractivity contribution in [1.29, 1.82) is 5.26 Å². The van der Waals surface area contributed by atoms with E-state index in [1.165, 1.54) is 0 Å². The van der Waals surface area contributed by atoms with Crippen molar-refractivity contribution in [3.8, 4) is 11.8 Å². The molecule has 0 spiro atoms. The minimum Gasteiger partial charge on any atom is -0.490 e. The highest BCUT2D eigenvalue weighted by Gasteiger charge is 2.12. The van der Waals surface area contributed by atoms with Gasteiger partial charge in [-0.25, -0.2) is 4.39 Å². The lowest BCUT2D eigenvalue weighted by Gasteiger charge is -2.08. The highest BCUT2D eigenvalue weighted by molar-refractivity contribution is 14.1. The first kappa shape index (κ1) is 14.7. The van der Waals surface area contributed by atoms with Crippen molar-refractivity contribution in [2.75, 3.05) is 6.61 Å². The maximum atomic E-state index is 13.9. The number of halogens is 2. The van der Waals surface area contributed by atoms with Crippen LogP contribution in [0.5, 0.6) is 5.75 Å². The van der Waals surface area contributed by atoms with Crippen LogP contribution in [0.25, 0.3) is 0 Å². The first-order chi connectivity index (χ1) is 9.72. The van der Waals surface area contributed by atoms with Crippen LogP contribution in [0.1, 0.15) is 17.5 Å². The molecule has 0 amide bonds. The lowest BCUT2D eigenvalue weighted by Crippen LogP contribution is -2.03. The second kappa shape index (κ2) is 7.20. The zero-order chi connectivity index (χ0) is 14.4.